The molecule has 6 heterocycles. The average molecular weight is 444 g/mol. The Morgan fingerprint density at radius 3 is 2.12 bits per heavy atom. The van der Waals surface area contributed by atoms with E-state index in [2.05, 4.69) is 53.3 Å². The average Bonchev–Trinajstić information content (AvgIpc) is 3.57. The number of aromatic nitrogens is 1. The molecular weight excluding hydrogens is 402 g/mol. The number of likely N-dealkylation sites (tertiary alicyclic amines) is 1. The van der Waals surface area contributed by atoms with Gasteiger partial charge in [0.25, 0.3) is 0 Å². The molecule has 6 rings (SSSR count). The Labute approximate surface area is 192 Å². The van der Waals surface area contributed by atoms with E-state index in [-0.39, 0.29) is 11.3 Å². The van der Waals surface area contributed by atoms with E-state index in [1.807, 2.05) is 0 Å². The van der Waals surface area contributed by atoms with Gasteiger partial charge in [-0.1, -0.05) is 6.42 Å². The molecule has 1 aromatic rings. The first-order chi connectivity index (χ1) is 15.9. The molecule has 178 valence electrons. The number of aromatic amines is 1. The highest BCUT2D eigenvalue weighted by Crippen LogP contribution is 2.56. The van der Waals surface area contributed by atoms with E-state index in [1.54, 1.807) is 0 Å². The molecular formula is C24H41N7O. The quantitative estimate of drug-likeness (QED) is 0.702. The molecule has 0 aliphatic carbocycles. The minimum absolute atomic E-state index is 0.0474. The first-order valence-corrected chi connectivity index (χ1v) is 13.1. The normalized spacial score (nSPS) is 37.0. The summed E-state index contributed by atoms with van der Waals surface area (Å²) in [7, 11) is 0. The summed E-state index contributed by atoms with van der Waals surface area (Å²) in [5, 5.41) is 9.12. The molecule has 0 amide bonds. The van der Waals surface area contributed by atoms with Crippen molar-refractivity contribution in [3.63, 3.8) is 0 Å². The molecule has 0 bridgehead atoms. The van der Waals surface area contributed by atoms with Crippen molar-refractivity contribution >= 4 is 0 Å². The van der Waals surface area contributed by atoms with Crippen LogP contribution in [-0.2, 0) is 10.3 Å². The molecule has 8 heteroatoms. The third kappa shape index (κ3) is 3.15. The van der Waals surface area contributed by atoms with E-state index in [0.29, 0.717) is 0 Å². The summed E-state index contributed by atoms with van der Waals surface area (Å²) < 4.78 is 5.89. The maximum atomic E-state index is 5.89. The van der Waals surface area contributed by atoms with E-state index in [4.69, 9.17) is 4.74 Å². The number of hydrazine groups is 1. The molecule has 5 saturated heterocycles. The smallest absolute Gasteiger partial charge is 0.170 e. The van der Waals surface area contributed by atoms with Crippen LogP contribution in [0.15, 0.2) is 18.3 Å². The predicted octanol–water partition coefficient (Wildman–Crippen LogP) is 0.914. The second-order valence-corrected chi connectivity index (χ2v) is 10.2. The van der Waals surface area contributed by atoms with Gasteiger partial charge in [0.1, 0.15) is 5.54 Å². The van der Waals surface area contributed by atoms with Crippen LogP contribution in [0.2, 0.25) is 0 Å². The molecule has 5 aliphatic rings. The van der Waals surface area contributed by atoms with E-state index in [0.717, 1.165) is 59.0 Å². The number of ether oxygens (including phenoxy) is 1. The van der Waals surface area contributed by atoms with Crippen LogP contribution in [0.3, 0.4) is 0 Å². The second kappa shape index (κ2) is 8.98. The Morgan fingerprint density at radius 1 is 0.750 bits per heavy atom. The largest absolute Gasteiger partial charge is 0.379 e. The summed E-state index contributed by atoms with van der Waals surface area (Å²) in [5.41, 5.74) is 1.36. The highest BCUT2D eigenvalue weighted by molar-refractivity contribution is 5.32. The van der Waals surface area contributed by atoms with Crippen molar-refractivity contribution in [3.05, 3.63) is 24.0 Å². The molecule has 0 radical (unpaired) electrons. The molecule has 0 saturated carbocycles. The van der Waals surface area contributed by atoms with Crippen molar-refractivity contribution in [3.8, 4) is 0 Å². The topological polar surface area (TPSA) is 53.3 Å². The van der Waals surface area contributed by atoms with Gasteiger partial charge in [-0.25, -0.2) is 10.0 Å². The van der Waals surface area contributed by atoms with Crippen LogP contribution in [-0.4, -0.2) is 121 Å². The van der Waals surface area contributed by atoms with Gasteiger partial charge in [0.2, 0.25) is 0 Å². The highest BCUT2D eigenvalue weighted by atomic mass is 16.5. The van der Waals surface area contributed by atoms with E-state index >= 15 is 0 Å². The Morgan fingerprint density at radius 2 is 1.44 bits per heavy atom. The van der Waals surface area contributed by atoms with Crippen molar-refractivity contribution in [2.75, 3.05) is 85.2 Å². The van der Waals surface area contributed by atoms with E-state index in [1.165, 1.54) is 64.0 Å². The Kier molecular flexibility index (Phi) is 6.04. The molecule has 8 nitrogen and oxygen atoms in total. The van der Waals surface area contributed by atoms with Crippen LogP contribution in [0.5, 0.6) is 0 Å². The molecule has 0 aromatic carbocycles. The summed E-state index contributed by atoms with van der Waals surface area (Å²) in [6, 6.07) is 4.58. The molecule has 1 aromatic heterocycles. The van der Waals surface area contributed by atoms with Crippen molar-refractivity contribution < 1.29 is 4.74 Å². The fourth-order valence-corrected chi connectivity index (χ4v) is 7.31. The maximum absolute atomic E-state index is 5.89. The van der Waals surface area contributed by atoms with Gasteiger partial charge in [0, 0.05) is 70.8 Å². The van der Waals surface area contributed by atoms with Crippen LogP contribution < -0.4 is 5.32 Å². The van der Waals surface area contributed by atoms with Gasteiger partial charge in [0.05, 0.1) is 13.2 Å². The first-order valence-electron chi connectivity index (χ1n) is 13.1. The molecule has 32 heavy (non-hydrogen) atoms. The molecule has 5 aliphatic heterocycles. The summed E-state index contributed by atoms with van der Waals surface area (Å²) in [4.78, 5) is 12.2. The maximum Gasteiger partial charge on any atom is 0.170 e. The van der Waals surface area contributed by atoms with Crippen molar-refractivity contribution in [1.82, 2.24) is 35.0 Å². The Balaban J connectivity index is 1.52. The van der Waals surface area contributed by atoms with Crippen LogP contribution in [0, 0.1) is 0 Å². The number of piperazine rings is 1. The molecule has 0 spiro atoms. The SMILES string of the molecule is c1c[nH]c(C2(N3CCCCC3)CN(N3CCCC3)C2(N2CCNCC2)N2CCOCC2)c1. The van der Waals surface area contributed by atoms with Crippen LogP contribution in [0.25, 0.3) is 0 Å². The fraction of sp³-hybridized carbons (Fsp3) is 0.833. The van der Waals surface area contributed by atoms with Gasteiger partial charge < -0.3 is 15.0 Å². The van der Waals surface area contributed by atoms with Crippen molar-refractivity contribution in [2.45, 2.75) is 43.4 Å². The molecule has 2 atom stereocenters. The standard InChI is InChI=1S/C24H41N7O/c1-2-11-27(12-3-1)23(22-7-6-8-26-22)21-31(30-13-4-5-14-30)24(23,28-15-9-25-10-16-28)29-17-19-32-20-18-29/h6-8,25-26H,1-5,9-21H2. The zero-order chi connectivity index (χ0) is 21.4. The van der Waals surface area contributed by atoms with Gasteiger partial charge in [-0.3, -0.25) is 14.7 Å². The number of hydrogen-bond donors (Lipinski definition) is 2. The lowest BCUT2D eigenvalue weighted by Crippen LogP contribution is -2.95. The van der Waals surface area contributed by atoms with Crippen molar-refractivity contribution in [1.29, 1.82) is 0 Å². The van der Waals surface area contributed by atoms with Crippen LogP contribution in [0.4, 0.5) is 0 Å². The van der Waals surface area contributed by atoms with Gasteiger partial charge >= 0.3 is 0 Å². The van der Waals surface area contributed by atoms with Gasteiger partial charge in [-0.2, -0.15) is 0 Å². The van der Waals surface area contributed by atoms with E-state index in [9.17, 15) is 0 Å². The summed E-state index contributed by atoms with van der Waals surface area (Å²) in [5.74, 6) is -0.161. The number of nitrogens with one attached hydrogen (secondary N) is 2. The lowest BCUT2D eigenvalue weighted by atomic mass is 9.72. The Bertz CT molecular complexity index is 716. The zero-order valence-electron chi connectivity index (χ0n) is 19.6. The number of hydrogen-bond acceptors (Lipinski definition) is 7. The minimum atomic E-state index is -0.161. The first kappa shape index (κ1) is 21.5. The lowest BCUT2D eigenvalue weighted by Gasteiger charge is -2.76. The van der Waals surface area contributed by atoms with Gasteiger partial charge in [0.15, 0.2) is 5.79 Å². The van der Waals surface area contributed by atoms with Crippen molar-refractivity contribution in [2.24, 2.45) is 0 Å². The third-order valence-electron chi connectivity index (χ3n) is 8.67. The zero-order valence-corrected chi connectivity index (χ0v) is 19.6. The number of piperidine rings is 1. The number of nitrogens with zero attached hydrogens (tertiary/aromatic N) is 5. The lowest BCUT2D eigenvalue weighted by molar-refractivity contribution is -0.390. The number of morpholine rings is 1. The number of H-pyrrole nitrogens is 1. The molecule has 5 fully saturated rings. The van der Waals surface area contributed by atoms with Crippen LogP contribution >= 0.6 is 0 Å². The third-order valence-corrected chi connectivity index (χ3v) is 8.67. The molecule has 2 N–H and O–H groups in total. The Hall–Kier alpha value is -1.00. The van der Waals surface area contributed by atoms with Gasteiger partial charge in [-0.15, -0.1) is 0 Å². The summed E-state index contributed by atoms with van der Waals surface area (Å²) in [6.45, 7) is 13.9. The van der Waals surface area contributed by atoms with Crippen LogP contribution in [0.1, 0.15) is 37.8 Å². The summed E-state index contributed by atoms with van der Waals surface area (Å²) in [6.07, 6.45) is 8.76. The monoisotopic (exact) mass is 443 g/mol. The summed E-state index contributed by atoms with van der Waals surface area (Å²) >= 11 is 0. The second-order valence-electron chi connectivity index (χ2n) is 10.2. The predicted molar refractivity (Wildman–Crippen MR) is 125 cm³/mol. The highest BCUT2D eigenvalue weighted by Gasteiger charge is 2.74. The minimum Gasteiger partial charge on any atom is -0.379 e. The number of rotatable bonds is 5. The van der Waals surface area contributed by atoms with E-state index < -0.39 is 0 Å². The van der Waals surface area contributed by atoms with Gasteiger partial charge in [-0.05, 0) is 50.9 Å². The molecule has 2 unspecified atom stereocenters. The fourth-order valence-electron chi connectivity index (χ4n) is 7.31.